The molecule has 1 atom stereocenters. The van der Waals surface area contributed by atoms with E-state index >= 15 is 0 Å². The van der Waals surface area contributed by atoms with Crippen LogP contribution in [-0.2, 0) is 4.74 Å². The average molecular weight is 431 g/mol. The normalized spacial score (nSPS) is 18.5. The Labute approximate surface area is 165 Å². The van der Waals surface area contributed by atoms with Gasteiger partial charge >= 0.3 is 0 Å². The standard InChI is InChI=1S/C20H19BrN2O2S/c1-12-16-10-14(21)5-7-18(16)26-19-6-4-13(9-17(19)23-12)20(24)22-11-15-3-2-8-25-15/h4-7,9-10,15H,2-3,8,11H2,1H3,(H,22,24)/t15-/m0/s1. The lowest BCUT2D eigenvalue weighted by molar-refractivity contribution is 0.0858. The number of nitrogens with one attached hydrogen (secondary N) is 1. The van der Waals surface area contributed by atoms with Crippen LogP contribution < -0.4 is 5.32 Å². The molecule has 0 aliphatic carbocycles. The van der Waals surface area contributed by atoms with Gasteiger partial charge in [-0.25, -0.2) is 0 Å². The molecule has 2 aliphatic heterocycles. The molecule has 2 aromatic rings. The van der Waals surface area contributed by atoms with Gasteiger partial charge in [0.1, 0.15) is 0 Å². The number of nitrogens with zero attached hydrogens (tertiary/aromatic N) is 1. The number of hydrogen-bond acceptors (Lipinski definition) is 4. The van der Waals surface area contributed by atoms with Crippen molar-refractivity contribution >= 4 is 45.0 Å². The second-order valence-corrected chi connectivity index (χ2v) is 8.47. The number of carbonyl (C=O) groups excluding carboxylic acids is 1. The molecule has 0 spiro atoms. The largest absolute Gasteiger partial charge is 0.376 e. The summed E-state index contributed by atoms with van der Waals surface area (Å²) in [5.74, 6) is -0.0781. The molecule has 0 radical (unpaired) electrons. The lowest BCUT2D eigenvalue weighted by Gasteiger charge is -2.11. The molecule has 0 aromatic heterocycles. The molecule has 4 rings (SSSR count). The summed E-state index contributed by atoms with van der Waals surface area (Å²) in [6.07, 6.45) is 2.23. The van der Waals surface area contributed by atoms with E-state index in [0.717, 1.165) is 45.8 Å². The monoisotopic (exact) mass is 430 g/mol. The molecular formula is C20H19BrN2O2S. The van der Waals surface area contributed by atoms with Crippen molar-refractivity contribution in [2.24, 2.45) is 4.99 Å². The van der Waals surface area contributed by atoms with Gasteiger partial charge in [0, 0.05) is 44.3 Å². The summed E-state index contributed by atoms with van der Waals surface area (Å²) in [7, 11) is 0. The van der Waals surface area contributed by atoms with Gasteiger partial charge in [-0.15, -0.1) is 0 Å². The zero-order chi connectivity index (χ0) is 18.1. The highest BCUT2D eigenvalue weighted by Gasteiger charge is 2.19. The lowest BCUT2D eigenvalue weighted by atomic mass is 10.1. The third kappa shape index (κ3) is 3.72. The third-order valence-corrected chi connectivity index (χ3v) is 6.21. The summed E-state index contributed by atoms with van der Waals surface area (Å²) in [6, 6.07) is 11.9. The minimum Gasteiger partial charge on any atom is -0.376 e. The lowest BCUT2D eigenvalue weighted by Crippen LogP contribution is -2.31. The van der Waals surface area contributed by atoms with Crippen LogP contribution in [0.3, 0.4) is 0 Å². The molecule has 26 heavy (non-hydrogen) atoms. The SMILES string of the molecule is CC1=Nc2cc(C(=O)NC[C@@H]3CCCO3)ccc2Sc2ccc(Br)cc21. The highest BCUT2D eigenvalue weighted by Crippen LogP contribution is 2.41. The van der Waals surface area contributed by atoms with E-state index in [4.69, 9.17) is 9.73 Å². The Morgan fingerprint density at radius 3 is 2.96 bits per heavy atom. The summed E-state index contributed by atoms with van der Waals surface area (Å²) >= 11 is 5.21. The number of benzene rings is 2. The number of fused-ring (bicyclic) bond motifs is 2. The number of hydrogen-bond donors (Lipinski definition) is 1. The zero-order valence-corrected chi connectivity index (χ0v) is 16.8. The maximum atomic E-state index is 12.5. The Bertz CT molecular complexity index is 891. The van der Waals surface area contributed by atoms with Gasteiger partial charge in [0.2, 0.25) is 0 Å². The van der Waals surface area contributed by atoms with Gasteiger partial charge in [0.05, 0.1) is 11.8 Å². The predicted octanol–water partition coefficient (Wildman–Crippen LogP) is 4.96. The highest BCUT2D eigenvalue weighted by molar-refractivity contribution is 9.10. The second kappa shape index (κ2) is 7.55. The third-order valence-electron chi connectivity index (χ3n) is 4.57. The van der Waals surface area contributed by atoms with Crippen LogP contribution >= 0.6 is 27.7 Å². The fourth-order valence-corrected chi connectivity index (χ4v) is 4.58. The van der Waals surface area contributed by atoms with E-state index in [2.05, 4.69) is 33.4 Å². The van der Waals surface area contributed by atoms with E-state index in [1.165, 1.54) is 4.90 Å². The van der Waals surface area contributed by atoms with E-state index in [1.54, 1.807) is 11.8 Å². The van der Waals surface area contributed by atoms with Gasteiger partial charge in [-0.2, -0.15) is 0 Å². The first-order valence-electron chi connectivity index (χ1n) is 8.67. The van der Waals surface area contributed by atoms with Crippen molar-refractivity contribution in [1.82, 2.24) is 5.32 Å². The smallest absolute Gasteiger partial charge is 0.251 e. The molecule has 0 bridgehead atoms. The van der Waals surface area contributed by atoms with Crippen LogP contribution in [0.15, 0.2) is 55.7 Å². The molecule has 6 heteroatoms. The quantitative estimate of drug-likeness (QED) is 0.747. The van der Waals surface area contributed by atoms with Gasteiger partial charge in [-0.05, 0) is 56.2 Å². The highest BCUT2D eigenvalue weighted by atomic mass is 79.9. The molecule has 0 saturated carbocycles. The van der Waals surface area contributed by atoms with Crippen molar-refractivity contribution in [2.75, 3.05) is 13.2 Å². The summed E-state index contributed by atoms with van der Waals surface area (Å²) < 4.78 is 6.60. The minimum atomic E-state index is -0.0781. The van der Waals surface area contributed by atoms with Crippen LogP contribution in [0.5, 0.6) is 0 Å². The number of carbonyl (C=O) groups is 1. The fraction of sp³-hybridized carbons (Fsp3) is 0.300. The molecule has 4 nitrogen and oxygen atoms in total. The van der Waals surface area contributed by atoms with Crippen molar-refractivity contribution in [2.45, 2.75) is 35.7 Å². The Morgan fingerprint density at radius 1 is 1.31 bits per heavy atom. The fourth-order valence-electron chi connectivity index (χ4n) is 3.18. The summed E-state index contributed by atoms with van der Waals surface area (Å²) in [6.45, 7) is 3.36. The Hall–Kier alpha value is -1.63. The van der Waals surface area contributed by atoms with Gasteiger partial charge in [-0.1, -0.05) is 27.7 Å². The van der Waals surface area contributed by atoms with E-state index in [9.17, 15) is 4.79 Å². The molecule has 1 saturated heterocycles. The van der Waals surface area contributed by atoms with Crippen LogP contribution in [-0.4, -0.2) is 30.9 Å². The maximum absolute atomic E-state index is 12.5. The Kier molecular flexibility index (Phi) is 5.16. The molecule has 2 aliphatic rings. The van der Waals surface area contributed by atoms with Crippen molar-refractivity contribution in [1.29, 1.82) is 0 Å². The first kappa shape index (κ1) is 17.8. The summed E-state index contributed by atoms with van der Waals surface area (Å²) in [4.78, 5) is 19.5. The van der Waals surface area contributed by atoms with Gasteiger partial charge in [0.15, 0.2) is 0 Å². The number of rotatable bonds is 3. The van der Waals surface area contributed by atoms with E-state index in [-0.39, 0.29) is 12.0 Å². The van der Waals surface area contributed by atoms with Gasteiger partial charge in [-0.3, -0.25) is 9.79 Å². The van der Waals surface area contributed by atoms with Crippen LogP contribution in [0.1, 0.15) is 35.7 Å². The molecule has 2 aromatic carbocycles. The van der Waals surface area contributed by atoms with E-state index in [1.807, 2.05) is 31.2 Å². The number of aliphatic imine (C=N–C) groups is 1. The van der Waals surface area contributed by atoms with Crippen LogP contribution in [0.4, 0.5) is 5.69 Å². The Balaban J connectivity index is 1.58. The predicted molar refractivity (Wildman–Crippen MR) is 108 cm³/mol. The summed E-state index contributed by atoms with van der Waals surface area (Å²) in [5.41, 5.74) is 3.53. The topological polar surface area (TPSA) is 50.7 Å². The summed E-state index contributed by atoms with van der Waals surface area (Å²) in [5, 5.41) is 2.97. The molecule has 1 N–H and O–H groups in total. The van der Waals surface area contributed by atoms with E-state index in [0.29, 0.717) is 12.1 Å². The molecule has 1 fully saturated rings. The molecule has 1 amide bonds. The molecule has 0 unspecified atom stereocenters. The second-order valence-electron chi connectivity index (χ2n) is 6.47. The van der Waals surface area contributed by atoms with Crippen molar-refractivity contribution in [3.63, 3.8) is 0 Å². The zero-order valence-electron chi connectivity index (χ0n) is 14.4. The number of amides is 1. The average Bonchev–Trinajstić information content (AvgIpc) is 3.11. The number of halogens is 1. The first-order valence-corrected chi connectivity index (χ1v) is 10.3. The van der Waals surface area contributed by atoms with Gasteiger partial charge < -0.3 is 10.1 Å². The van der Waals surface area contributed by atoms with Crippen LogP contribution in [0, 0.1) is 0 Å². The van der Waals surface area contributed by atoms with Crippen molar-refractivity contribution in [3.8, 4) is 0 Å². The maximum Gasteiger partial charge on any atom is 0.251 e. The van der Waals surface area contributed by atoms with Crippen LogP contribution in [0.25, 0.3) is 0 Å². The van der Waals surface area contributed by atoms with Crippen molar-refractivity contribution in [3.05, 3.63) is 52.0 Å². The van der Waals surface area contributed by atoms with E-state index < -0.39 is 0 Å². The van der Waals surface area contributed by atoms with Crippen molar-refractivity contribution < 1.29 is 9.53 Å². The Morgan fingerprint density at radius 2 is 2.15 bits per heavy atom. The molecule has 134 valence electrons. The number of ether oxygens (including phenoxy) is 1. The van der Waals surface area contributed by atoms with Gasteiger partial charge in [0.25, 0.3) is 5.91 Å². The minimum absolute atomic E-state index is 0.0781. The molecular weight excluding hydrogens is 412 g/mol. The first-order chi connectivity index (χ1) is 12.6. The van der Waals surface area contributed by atoms with Crippen LogP contribution in [0.2, 0.25) is 0 Å². The molecule has 2 heterocycles.